The van der Waals surface area contributed by atoms with E-state index in [-0.39, 0.29) is 16.6 Å². The second-order valence-corrected chi connectivity index (χ2v) is 7.72. The van der Waals surface area contributed by atoms with Gasteiger partial charge in [0.25, 0.3) is 0 Å². The predicted octanol–water partition coefficient (Wildman–Crippen LogP) is 4.76. The molecule has 5 nitrogen and oxygen atoms in total. The number of aromatic carboxylic acids is 1. The predicted molar refractivity (Wildman–Crippen MR) is 119 cm³/mol. The highest BCUT2D eigenvalue weighted by atomic mass is 32.2. The summed E-state index contributed by atoms with van der Waals surface area (Å²) in [7, 11) is 0. The quantitative estimate of drug-likeness (QED) is 0.550. The lowest BCUT2D eigenvalue weighted by atomic mass is 10.00. The number of carbonyl (C=O) groups is 3. The van der Waals surface area contributed by atoms with Gasteiger partial charge in [-0.25, -0.2) is 4.79 Å². The Kier molecular flexibility index (Phi) is 7.40. The van der Waals surface area contributed by atoms with E-state index in [4.69, 9.17) is 5.11 Å². The first kappa shape index (κ1) is 21.3. The van der Waals surface area contributed by atoms with Crippen LogP contribution in [0, 0.1) is 5.92 Å². The minimum atomic E-state index is -1.02. The van der Waals surface area contributed by atoms with Crippen molar-refractivity contribution in [2.45, 2.75) is 6.42 Å². The average molecular weight is 420 g/mol. The highest BCUT2D eigenvalue weighted by Gasteiger charge is 2.21. The largest absolute Gasteiger partial charge is 0.478 e. The third kappa shape index (κ3) is 6.06. The second kappa shape index (κ2) is 10.4. The fourth-order valence-electron chi connectivity index (χ4n) is 2.90. The van der Waals surface area contributed by atoms with E-state index < -0.39 is 11.9 Å². The summed E-state index contributed by atoms with van der Waals surface area (Å²) in [6, 6.07) is 24.6. The molecule has 0 radical (unpaired) electrons. The fourth-order valence-corrected chi connectivity index (χ4v) is 3.82. The van der Waals surface area contributed by atoms with E-state index in [1.165, 1.54) is 12.1 Å². The number of carbonyl (C=O) groups excluding carboxylic acids is 2. The third-order valence-corrected chi connectivity index (χ3v) is 5.59. The highest BCUT2D eigenvalue weighted by molar-refractivity contribution is 8.14. The van der Waals surface area contributed by atoms with Crippen molar-refractivity contribution in [1.29, 1.82) is 0 Å². The molecule has 2 N–H and O–H groups in total. The molecule has 0 fully saturated rings. The maximum absolute atomic E-state index is 12.9. The molecule has 0 aliphatic heterocycles. The van der Waals surface area contributed by atoms with Crippen molar-refractivity contribution in [3.8, 4) is 0 Å². The van der Waals surface area contributed by atoms with Gasteiger partial charge in [0.2, 0.25) is 11.0 Å². The maximum atomic E-state index is 12.9. The summed E-state index contributed by atoms with van der Waals surface area (Å²) in [5.41, 5.74) is 2.28. The molecule has 6 heteroatoms. The standard InChI is InChI=1S/C24H21NO4S/c26-22(25-21-13-11-18(12-14-21)23(27)28)20(15-17-7-3-1-4-8-17)16-30-24(29)19-9-5-2-6-10-19/h1-14,20H,15-16H2,(H,25,26)(H,27,28). The van der Waals surface area contributed by atoms with E-state index in [0.717, 1.165) is 17.3 Å². The van der Waals surface area contributed by atoms with Crippen molar-refractivity contribution < 1.29 is 19.5 Å². The van der Waals surface area contributed by atoms with E-state index in [9.17, 15) is 14.4 Å². The van der Waals surface area contributed by atoms with E-state index in [0.29, 0.717) is 23.4 Å². The minimum Gasteiger partial charge on any atom is -0.478 e. The monoisotopic (exact) mass is 419 g/mol. The van der Waals surface area contributed by atoms with Gasteiger partial charge in [-0.3, -0.25) is 9.59 Å². The van der Waals surface area contributed by atoms with Crippen molar-refractivity contribution in [2.75, 3.05) is 11.1 Å². The minimum absolute atomic E-state index is 0.0766. The molecule has 3 aromatic rings. The van der Waals surface area contributed by atoms with E-state index >= 15 is 0 Å². The summed E-state index contributed by atoms with van der Waals surface area (Å²) in [5.74, 6) is -1.33. The zero-order valence-corrected chi connectivity index (χ0v) is 17.0. The molecule has 0 spiro atoms. The van der Waals surface area contributed by atoms with Crippen LogP contribution in [0.25, 0.3) is 0 Å². The molecule has 30 heavy (non-hydrogen) atoms. The number of thioether (sulfide) groups is 1. The molecule has 152 valence electrons. The summed E-state index contributed by atoms with van der Waals surface area (Å²) in [6.07, 6.45) is 0.495. The lowest BCUT2D eigenvalue weighted by Crippen LogP contribution is -2.27. The number of carboxylic acid groups (broad SMARTS) is 1. The van der Waals surface area contributed by atoms with Crippen molar-refractivity contribution in [1.82, 2.24) is 0 Å². The van der Waals surface area contributed by atoms with Crippen LogP contribution in [0.2, 0.25) is 0 Å². The molecule has 0 aromatic heterocycles. The number of rotatable bonds is 8. The number of amides is 1. The Morgan fingerprint density at radius 3 is 2.00 bits per heavy atom. The van der Waals surface area contributed by atoms with Gasteiger partial charge in [-0.2, -0.15) is 0 Å². The number of carboxylic acids is 1. The van der Waals surface area contributed by atoms with E-state index in [1.807, 2.05) is 48.5 Å². The van der Waals surface area contributed by atoms with Gasteiger partial charge in [0, 0.05) is 17.0 Å². The molecule has 0 aliphatic carbocycles. The molecule has 3 aromatic carbocycles. The van der Waals surface area contributed by atoms with Crippen molar-refractivity contribution in [3.63, 3.8) is 0 Å². The zero-order valence-electron chi connectivity index (χ0n) is 16.2. The Bertz CT molecular complexity index is 1000. The summed E-state index contributed by atoms with van der Waals surface area (Å²) in [5, 5.41) is 11.8. The SMILES string of the molecule is O=C(O)c1ccc(NC(=O)C(CSC(=O)c2ccccc2)Cc2ccccc2)cc1. The van der Waals surface area contributed by atoms with Crippen LogP contribution in [0.3, 0.4) is 0 Å². The molecule has 0 heterocycles. The summed E-state index contributed by atoms with van der Waals surface area (Å²) >= 11 is 1.12. The van der Waals surface area contributed by atoms with Crippen LogP contribution in [-0.4, -0.2) is 27.9 Å². The average Bonchev–Trinajstić information content (AvgIpc) is 2.78. The van der Waals surface area contributed by atoms with Gasteiger partial charge in [-0.1, -0.05) is 72.4 Å². The second-order valence-electron chi connectivity index (χ2n) is 6.72. The first-order valence-electron chi connectivity index (χ1n) is 9.43. The van der Waals surface area contributed by atoms with Gasteiger partial charge >= 0.3 is 5.97 Å². The molecule has 0 aliphatic rings. The van der Waals surface area contributed by atoms with Crippen LogP contribution in [0.15, 0.2) is 84.9 Å². The molecular weight excluding hydrogens is 398 g/mol. The summed E-state index contributed by atoms with van der Waals surface area (Å²) in [6.45, 7) is 0. The van der Waals surface area contributed by atoms with Gasteiger partial charge in [-0.05, 0) is 36.2 Å². The van der Waals surface area contributed by atoms with Gasteiger partial charge in [0.15, 0.2) is 0 Å². The number of nitrogens with one attached hydrogen (secondary N) is 1. The molecule has 0 saturated heterocycles. The summed E-state index contributed by atoms with van der Waals surface area (Å²) in [4.78, 5) is 36.4. The number of benzene rings is 3. The lowest BCUT2D eigenvalue weighted by molar-refractivity contribution is -0.119. The Morgan fingerprint density at radius 1 is 0.800 bits per heavy atom. The highest BCUT2D eigenvalue weighted by Crippen LogP contribution is 2.21. The molecule has 1 atom stereocenters. The first-order valence-corrected chi connectivity index (χ1v) is 10.4. The van der Waals surface area contributed by atoms with Gasteiger partial charge in [-0.15, -0.1) is 0 Å². The summed E-state index contributed by atoms with van der Waals surface area (Å²) < 4.78 is 0. The van der Waals surface area contributed by atoms with Crippen molar-refractivity contribution in [3.05, 3.63) is 102 Å². The van der Waals surface area contributed by atoms with Crippen LogP contribution < -0.4 is 5.32 Å². The van der Waals surface area contributed by atoms with E-state index in [1.54, 1.807) is 24.3 Å². The van der Waals surface area contributed by atoms with Crippen molar-refractivity contribution >= 4 is 34.4 Å². The normalized spacial score (nSPS) is 11.5. The Morgan fingerprint density at radius 2 is 1.40 bits per heavy atom. The van der Waals surface area contributed by atoms with Crippen LogP contribution >= 0.6 is 11.8 Å². The smallest absolute Gasteiger partial charge is 0.335 e. The van der Waals surface area contributed by atoms with Crippen molar-refractivity contribution in [2.24, 2.45) is 5.92 Å². The first-order chi connectivity index (χ1) is 14.5. The number of hydrogen-bond acceptors (Lipinski definition) is 4. The maximum Gasteiger partial charge on any atom is 0.335 e. The van der Waals surface area contributed by atoms with E-state index in [2.05, 4.69) is 5.32 Å². The van der Waals surface area contributed by atoms with Gasteiger partial charge < -0.3 is 10.4 Å². The van der Waals surface area contributed by atoms with Gasteiger partial charge in [0.05, 0.1) is 11.5 Å². The Labute approximate surface area is 179 Å². The number of hydrogen-bond donors (Lipinski definition) is 2. The van der Waals surface area contributed by atoms with Gasteiger partial charge in [0.1, 0.15) is 0 Å². The van der Waals surface area contributed by atoms with Crippen LogP contribution in [0.1, 0.15) is 26.3 Å². The molecular formula is C24H21NO4S. The van der Waals surface area contributed by atoms with Crippen LogP contribution in [0.4, 0.5) is 5.69 Å². The molecule has 1 unspecified atom stereocenters. The Balaban J connectivity index is 1.70. The fraction of sp³-hybridized carbons (Fsp3) is 0.125. The zero-order chi connectivity index (χ0) is 21.3. The topological polar surface area (TPSA) is 83.5 Å². The Hall–Kier alpha value is -3.38. The van der Waals surface area contributed by atoms with Crippen LogP contribution in [-0.2, 0) is 11.2 Å². The molecule has 1 amide bonds. The molecule has 0 saturated carbocycles. The number of anilines is 1. The van der Waals surface area contributed by atoms with Crippen LogP contribution in [0.5, 0.6) is 0 Å². The lowest BCUT2D eigenvalue weighted by Gasteiger charge is -2.17. The molecule has 0 bridgehead atoms. The molecule has 3 rings (SSSR count). The third-order valence-electron chi connectivity index (χ3n) is 4.52.